The van der Waals surface area contributed by atoms with Crippen LogP contribution in [0.25, 0.3) is 0 Å². The Labute approximate surface area is 138 Å². The second-order valence-corrected chi connectivity index (χ2v) is 5.55. The van der Waals surface area contributed by atoms with Crippen LogP contribution in [0.3, 0.4) is 0 Å². The van der Waals surface area contributed by atoms with Crippen molar-refractivity contribution in [3.63, 3.8) is 0 Å². The molecule has 3 N–H and O–H groups in total. The van der Waals surface area contributed by atoms with Crippen LogP contribution in [0.4, 0.5) is 0 Å². The van der Waals surface area contributed by atoms with Gasteiger partial charge in [-0.25, -0.2) is 0 Å². The summed E-state index contributed by atoms with van der Waals surface area (Å²) >= 11 is 0. The van der Waals surface area contributed by atoms with Crippen molar-refractivity contribution >= 4 is 5.96 Å². The van der Waals surface area contributed by atoms with Crippen molar-refractivity contribution < 1.29 is 0 Å². The molecule has 1 heterocycles. The molecule has 0 bridgehead atoms. The van der Waals surface area contributed by atoms with E-state index in [2.05, 4.69) is 63.9 Å². The minimum Gasteiger partial charge on any atom is -0.357 e. The lowest BCUT2D eigenvalue weighted by molar-refractivity contribution is 0.776. The normalized spacial score (nSPS) is 11.5. The summed E-state index contributed by atoms with van der Waals surface area (Å²) < 4.78 is 0. The van der Waals surface area contributed by atoms with E-state index < -0.39 is 0 Å². The van der Waals surface area contributed by atoms with Gasteiger partial charge < -0.3 is 10.6 Å². The number of hydrogen-bond acceptors (Lipinski definition) is 2. The maximum atomic E-state index is 4.64. The Hall–Kier alpha value is -2.30. The number of H-pyrrole nitrogens is 1. The molecule has 0 unspecified atom stereocenters. The van der Waals surface area contributed by atoms with Crippen LogP contribution in [-0.4, -0.2) is 35.8 Å². The van der Waals surface area contributed by atoms with Crippen molar-refractivity contribution in [1.29, 1.82) is 0 Å². The summed E-state index contributed by atoms with van der Waals surface area (Å²) in [7, 11) is 0. The van der Waals surface area contributed by atoms with Crippen LogP contribution in [0.2, 0.25) is 0 Å². The molecule has 0 saturated heterocycles. The van der Waals surface area contributed by atoms with Gasteiger partial charge in [-0.15, -0.1) is 0 Å². The number of aliphatic imine (C=N–C) groups is 1. The number of rotatable bonds is 8. The Balaban J connectivity index is 1.72. The molecule has 1 aromatic carbocycles. The van der Waals surface area contributed by atoms with Crippen molar-refractivity contribution in [3.8, 4) is 0 Å². The average Bonchev–Trinajstić information content (AvgIpc) is 2.97. The van der Waals surface area contributed by atoms with E-state index in [4.69, 9.17) is 0 Å². The highest BCUT2D eigenvalue weighted by Crippen LogP contribution is 2.05. The summed E-state index contributed by atoms with van der Waals surface area (Å²) in [5.41, 5.74) is 3.77. The molecule has 124 valence electrons. The molecule has 0 radical (unpaired) electrons. The first-order chi connectivity index (χ1) is 11.3. The largest absolute Gasteiger partial charge is 0.357 e. The van der Waals surface area contributed by atoms with E-state index in [0.717, 1.165) is 50.6 Å². The van der Waals surface area contributed by atoms with E-state index in [0.29, 0.717) is 0 Å². The van der Waals surface area contributed by atoms with Gasteiger partial charge in [0.2, 0.25) is 0 Å². The zero-order valence-corrected chi connectivity index (χ0v) is 14.1. The molecular formula is C18H27N5. The Morgan fingerprint density at radius 2 is 2.00 bits per heavy atom. The summed E-state index contributed by atoms with van der Waals surface area (Å²) in [6.07, 6.45) is 4.94. The summed E-state index contributed by atoms with van der Waals surface area (Å²) in [5, 5.41) is 13.7. The summed E-state index contributed by atoms with van der Waals surface area (Å²) in [6.45, 7) is 6.71. The smallest absolute Gasteiger partial charge is 0.191 e. The number of benzene rings is 1. The highest BCUT2D eigenvalue weighted by atomic mass is 15.2. The third-order valence-electron chi connectivity index (χ3n) is 3.70. The van der Waals surface area contributed by atoms with E-state index in [1.807, 2.05) is 12.3 Å². The lowest BCUT2D eigenvalue weighted by atomic mass is 10.1. The van der Waals surface area contributed by atoms with Crippen molar-refractivity contribution in [2.45, 2.75) is 33.1 Å². The van der Waals surface area contributed by atoms with Gasteiger partial charge in [0, 0.05) is 25.3 Å². The van der Waals surface area contributed by atoms with Gasteiger partial charge >= 0.3 is 0 Å². The van der Waals surface area contributed by atoms with Gasteiger partial charge in [-0.05, 0) is 44.2 Å². The quantitative estimate of drug-likeness (QED) is 0.398. The van der Waals surface area contributed by atoms with Crippen molar-refractivity contribution in [3.05, 3.63) is 53.3 Å². The van der Waals surface area contributed by atoms with E-state index in [9.17, 15) is 0 Å². The monoisotopic (exact) mass is 313 g/mol. The van der Waals surface area contributed by atoms with Gasteiger partial charge in [0.25, 0.3) is 0 Å². The van der Waals surface area contributed by atoms with Gasteiger partial charge in [-0.3, -0.25) is 10.1 Å². The Morgan fingerprint density at radius 3 is 2.70 bits per heavy atom. The lowest BCUT2D eigenvalue weighted by Gasteiger charge is -2.11. The van der Waals surface area contributed by atoms with Gasteiger partial charge in [0.15, 0.2) is 5.96 Å². The predicted molar refractivity (Wildman–Crippen MR) is 95.8 cm³/mol. The Bertz CT molecular complexity index is 588. The van der Waals surface area contributed by atoms with Gasteiger partial charge in [-0.1, -0.05) is 30.3 Å². The number of nitrogens with one attached hydrogen (secondary N) is 3. The number of nitrogens with zero attached hydrogens (tertiary/aromatic N) is 2. The second kappa shape index (κ2) is 9.66. The molecule has 0 aliphatic heterocycles. The highest BCUT2D eigenvalue weighted by molar-refractivity contribution is 5.79. The first-order valence-corrected chi connectivity index (χ1v) is 8.34. The number of hydrogen-bond donors (Lipinski definition) is 3. The third kappa shape index (κ3) is 6.14. The number of aryl methyl sites for hydroxylation is 2. The summed E-state index contributed by atoms with van der Waals surface area (Å²) in [5.74, 6) is 0.896. The first-order valence-electron chi connectivity index (χ1n) is 8.34. The fourth-order valence-corrected chi connectivity index (χ4v) is 2.40. The van der Waals surface area contributed by atoms with Crippen LogP contribution in [0.15, 0.2) is 41.5 Å². The zero-order valence-electron chi connectivity index (χ0n) is 14.1. The lowest BCUT2D eigenvalue weighted by Crippen LogP contribution is -2.38. The average molecular weight is 313 g/mol. The van der Waals surface area contributed by atoms with Gasteiger partial charge in [0.05, 0.1) is 6.20 Å². The van der Waals surface area contributed by atoms with Gasteiger partial charge in [-0.2, -0.15) is 5.10 Å². The maximum Gasteiger partial charge on any atom is 0.191 e. The first kappa shape index (κ1) is 17.1. The molecule has 23 heavy (non-hydrogen) atoms. The predicted octanol–water partition coefficient (Wildman–Crippen LogP) is 2.45. The molecule has 0 fully saturated rings. The zero-order chi connectivity index (χ0) is 16.3. The van der Waals surface area contributed by atoms with Crippen LogP contribution in [-0.2, 0) is 12.8 Å². The molecule has 0 aliphatic rings. The molecule has 5 heteroatoms. The molecule has 1 aromatic heterocycles. The number of aromatic nitrogens is 2. The van der Waals surface area contributed by atoms with Crippen LogP contribution >= 0.6 is 0 Å². The molecule has 5 nitrogen and oxygen atoms in total. The van der Waals surface area contributed by atoms with Gasteiger partial charge in [0.1, 0.15) is 0 Å². The van der Waals surface area contributed by atoms with Crippen molar-refractivity contribution in [2.75, 3.05) is 19.6 Å². The fraction of sp³-hybridized carbons (Fsp3) is 0.444. The maximum absolute atomic E-state index is 4.64. The summed E-state index contributed by atoms with van der Waals surface area (Å²) in [6, 6.07) is 10.5. The molecule has 2 rings (SSSR count). The van der Waals surface area contributed by atoms with Crippen molar-refractivity contribution in [1.82, 2.24) is 20.8 Å². The third-order valence-corrected chi connectivity index (χ3v) is 3.70. The number of guanidine groups is 1. The van der Waals surface area contributed by atoms with Crippen LogP contribution < -0.4 is 10.6 Å². The van der Waals surface area contributed by atoms with E-state index in [1.54, 1.807) is 0 Å². The minimum atomic E-state index is 0.811. The fourth-order valence-electron chi connectivity index (χ4n) is 2.40. The highest BCUT2D eigenvalue weighted by Gasteiger charge is 2.00. The molecule has 0 atom stereocenters. The minimum absolute atomic E-state index is 0.811. The standard InChI is InChI=1S/C18H27N5/c1-3-19-18(21-13-11-16-8-5-4-6-9-16)20-12-7-10-17-14-22-23-15(17)2/h4-6,8-9,14H,3,7,10-13H2,1-2H3,(H,22,23)(H2,19,20,21). The summed E-state index contributed by atoms with van der Waals surface area (Å²) in [4.78, 5) is 4.64. The Kier molecular flexibility index (Phi) is 7.17. The SMILES string of the molecule is CCNC(=NCCCc1cn[nH]c1C)NCCc1ccccc1. The van der Waals surface area contributed by atoms with Crippen molar-refractivity contribution in [2.24, 2.45) is 4.99 Å². The molecule has 0 saturated carbocycles. The number of aromatic amines is 1. The van der Waals surface area contributed by atoms with Crippen LogP contribution in [0.5, 0.6) is 0 Å². The van der Waals surface area contributed by atoms with E-state index >= 15 is 0 Å². The Morgan fingerprint density at radius 1 is 1.17 bits per heavy atom. The molecule has 2 aromatic rings. The molecular weight excluding hydrogens is 286 g/mol. The topological polar surface area (TPSA) is 65.1 Å². The van der Waals surface area contributed by atoms with Crippen LogP contribution in [0, 0.1) is 6.92 Å². The molecule has 0 spiro atoms. The van der Waals surface area contributed by atoms with E-state index in [-0.39, 0.29) is 0 Å². The van der Waals surface area contributed by atoms with Crippen LogP contribution in [0.1, 0.15) is 30.2 Å². The molecule has 0 aliphatic carbocycles. The second-order valence-electron chi connectivity index (χ2n) is 5.55. The molecule has 0 amide bonds. The van der Waals surface area contributed by atoms with E-state index in [1.165, 1.54) is 11.1 Å².